The van der Waals surface area contributed by atoms with E-state index in [2.05, 4.69) is 12.2 Å². The summed E-state index contributed by atoms with van der Waals surface area (Å²) in [5.74, 6) is 0.411. The first-order chi connectivity index (χ1) is 10.1. The SMILES string of the molecule is CC1CCCN(C(=O)N2CC(=O)Nc3ccccc3C2)C1. The molecule has 1 atom stereocenters. The van der Waals surface area contributed by atoms with E-state index in [9.17, 15) is 9.59 Å². The quantitative estimate of drug-likeness (QED) is 0.796. The van der Waals surface area contributed by atoms with E-state index >= 15 is 0 Å². The maximum absolute atomic E-state index is 12.7. The maximum Gasteiger partial charge on any atom is 0.320 e. The van der Waals surface area contributed by atoms with Gasteiger partial charge in [-0.05, 0) is 30.4 Å². The Morgan fingerprint density at radius 2 is 2.05 bits per heavy atom. The molecule has 112 valence electrons. The summed E-state index contributed by atoms with van der Waals surface area (Å²) in [6.45, 7) is 4.36. The van der Waals surface area contributed by atoms with Gasteiger partial charge in [0.1, 0.15) is 6.54 Å². The molecule has 1 unspecified atom stereocenters. The van der Waals surface area contributed by atoms with E-state index in [-0.39, 0.29) is 18.5 Å². The van der Waals surface area contributed by atoms with Crippen molar-refractivity contribution >= 4 is 17.6 Å². The Bertz CT molecular complexity index is 558. The molecule has 0 aliphatic carbocycles. The van der Waals surface area contributed by atoms with Crippen LogP contribution in [0.15, 0.2) is 24.3 Å². The lowest BCUT2D eigenvalue weighted by Crippen LogP contribution is -2.48. The van der Waals surface area contributed by atoms with Crippen molar-refractivity contribution in [3.63, 3.8) is 0 Å². The first kappa shape index (κ1) is 13.9. The molecule has 1 fully saturated rings. The lowest BCUT2D eigenvalue weighted by Gasteiger charge is -2.34. The number of nitrogens with one attached hydrogen (secondary N) is 1. The number of rotatable bonds is 0. The third-order valence-corrected chi connectivity index (χ3v) is 4.19. The number of benzene rings is 1. The zero-order valence-corrected chi connectivity index (χ0v) is 12.3. The number of anilines is 1. The van der Waals surface area contributed by atoms with Crippen molar-refractivity contribution in [2.24, 2.45) is 5.92 Å². The normalized spacial score (nSPS) is 22.3. The number of urea groups is 1. The van der Waals surface area contributed by atoms with Crippen LogP contribution in [0.4, 0.5) is 10.5 Å². The highest BCUT2D eigenvalue weighted by atomic mass is 16.2. The van der Waals surface area contributed by atoms with Crippen LogP contribution in [0, 0.1) is 5.92 Å². The number of amides is 3. The molecule has 5 nitrogen and oxygen atoms in total. The minimum absolute atomic E-state index is 0.0200. The Morgan fingerprint density at radius 1 is 1.24 bits per heavy atom. The topological polar surface area (TPSA) is 52.7 Å². The lowest BCUT2D eigenvalue weighted by molar-refractivity contribution is -0.116. The van der Waals surface area contributed by atoms with Gasteiger partial charge in [0.05, 0.1) is 6.54 Å². The number of likely N-dealkylation sites (tertiary alicyclic amines) is 1. The van der Waals surface area contributed by atoms with Crippen LogP contribution >= 0.6 is 0 Å². The van der Waals surface area contributed by atoms with Crippen LogP contribution in [0.3, 0.4) is 0 Å². The van der Waals surface area contributed by atoms with E-state index < -0.39 is 0 Å². The molecule has 5 heteroatoms. The third kappa shape index (κ3) is 3.01. The number of nitrogens with zero attached hydrogens (tertiary/aromatic N) is 2. The zero-order valence-electron chi connectivity index (χ0n) is 12.3. The van der Waals surface area contributed by atoms with E-state index in [1.54, 1.807) is 4.90 Å². The Morgan fingerprint density at radius 3 is 2.86 bits per heavy atom. The van der Waals surface area contributed by atoms with Crippen molar-refractivity contribution in [1.29, 1.82) is 0 Å². The molecule has 1 saturated heterocycles. The number of para-hydroxylation sites is 1. The molecule has 0 bridgehead atoms. The van der Waals surface area contributed by atoms with Crippen LogP contribution in [-0.2, 0) is 11.3 Å². The van der Waals surface area contributed by atoms with Gasteiger partial charge in [0, 0.05) is 18.8 Å². The van der Waals surface area contributed by atoms with Gasteiger partial charge in [-0.2, -0.15) is 0 Å². The molecule has 1 aromatic rings. The molecule has 0 saturated carbocycles. The van der Waals surface area contributed by atoms with Crippen LogP contribution < -0.4 is 5.32 Å². The van der Waals surface area contributed by atoms with Crippen molar-refractivity contribution < 1.29 is 9.59 Å². The summed E-state index contributed by atoms with van der Waals surface area (Å²) < 4.78 is 0. The predicted octanol–water partition coefficient (Wildman–Crippen LogP) is 2.29. The summed E-state index contributed by atoms with van der Waals surface area (Å²) in [4.78, 5) is 28.2. The number of fused-ring (bicyclic) bond motifs is 1. The zero-order chi connectivity index (χ0) is 14.8. The fourth-order valence-electron chi connectivity index (χ4n) is 3.10. The average Bonchev–Trinajstić information content (AvgIpc) is 2.64. The van der Waals surface area contributed by atoms with Crippen LogP contribution in [0.1, 0.15) is 25.3 Å². The highest BCUT2D eigenvalue weighted by Gasteiger charge is 2.28. The molecular weight excluding hydrogens is 266 g/mol. The fourth-order valence-corrected chi connectivity index (χ4v) is 3.10. The van der Waals surface area contributed by atoms with E-state index in [0.717, 1.165) is 30.8 Å². The molecule has 3 rings (SSSR count). The second-order valence-electron chi connectivity index (χ2n) is 6.04. The Labute approximate surface area is 124 Å². The molecule has 3 amide bonds. The number of hydrogen-bond acceptors (Lipinski definition) is 2. The molecule has 0 aromatic heterocycles. The molecule has 1 N–H and O–H groups in total. The fraction of sp³-hybridized carbons (Fsp3) is 0.500. The number of carbonyl (C=O) groups excluding carboxylic acids is 2. The van der Waals surface area contributed by atoms with Crippen molar-refractivity contribution in [1.82, 2.24) is 9.80 Å². The molecular formula is C16H21N3O2. The lowest BCUT2D eigenvalue weighted by atomic mass is 10.0. The monoisotopic (exact) mass is 287 g/mol. The second-order valence-corrected chi connectivity index (χ2v) is 6.04. The Balaban J connectivity index is 1.78. The smallest absolute Gasteiger partial charge is 0.320 e. The second kappa shape index (κ2) is 5.76. The van der Waals surface area contributed by atoms with E-state index in [1.165, 1.54) is 6.42 Å². The van der Waals surface area contributed by atoms with Gasteiger partial charge in [0.15, 0.2) is 0 Å². The van der Waals surface area contributed by atoms with Gasteiger partial charge < -0.3 is 15.1 Å². The minimum atomic E-state index is -0.127. The molecule has 0 radical (unpaired) electrons. The Hall–Kier alpha value is -2.04. The van der Waals surface area contributed by atoms with Gasteiger partial charge in [-0.3, -0.25) is 4.79 Å². The van der Waals surface area contributed by atoms with E-state index in [1.807, 2.05) is 29.2 Å². The summed E-state index contributed by atoms with van der Waals surface area (Å²) in [6.07, 6.45) is 2.22. The van der Waals surface area contributed by atoms with Crippen LogP contribution in [0.25, 0.3) is 0 Å². The minimum Gasteiger partial charge on any atom is -0.324 e. The van der Waals surface area contributed by atoms with Crippen LogP contribution in [0.2, 0.25) is 0 Å². The summed E-state index contributed by atoms with van der Waals surface area (Å²) >= 11 is 0. The molecule has 2 aliphatic heterocycles. The molecule has 0 spiro atoms. The van der Waals surface area contributed by atoms with Crippen LogP contribution in [0.5, 0.6) is 0 Å². The summed E-state index contributed by atoms with van der Waals surface area (Å²) in [7, 11) is 0. The highest BCUT2D eigenvalue weighted by Crippen LogP contribution is 2.22. The van der Waals surface area contributed by atoms with Gasteiger partial charge in [-0.25, -0.2) is 4.79 Å². The van der Waals surface area contributed by atoms with E-state index in [4.69, 9.17) is 0 Å². The standard InChI is InChI=1S/C16H21N3O2/c1-12-5-4-8-18(9-12)16(21)19-10-13-6-2-3-7-14(13)17-15(20)11-19/h2-3,6-7,12H,4-5,8-11H2,1H3,(H,17,20). The van der Waals surface area contributed by atoms with Gasteiger partial charge in [0.25, 0.3) is 0 Å². The Kier molecular flexibility index (Phi) is 3.82. The number of hydrogen-bond donors (Lipinski definition) is 1. The van der Waals surface area contributed by atoms with E-state index in [0.29, 0.717) is 12.5 Å². The van der Waals surface area contributed by atoms with Gasteiger partial charge in [0.2, 0.25) is 5.91 Å². The first-order valence-corrected chi connectivity index (χ1v) is 7.55. The third-order valence-electron chi connectivity index (χ3n) is 4.19. The largest absolute Gasteiger partial charge is 0.324 e. The van der Waals surface area contributed by atoms with Gasteiger partial charge in [-0.1, -0.05) is 25.1 Å². The maximum atomic E-state index is 12.7. The molecule has 21 heavy (non-hydrogen) atoms. The molecule has 2 heterocycles. The van der Waals surface area contributed by atoms with Crippen molar-refractivity contribution in [2.75, 3.05) is 25.0 Å². The highest BCUT2D eigenvalue weighted by molar-refractivity contribution is 5.96. The van der Waals surface area contributed by atoms with Crippen LogP contribution in [-0.4, -0.2) is 41.4 Å². The summed E-state index contributed by atoms with van der Waals surface area (Å²) in [6, 6.07) is 7.64. The van der Waals surface area contributed by atoms with Gasteiger partial charge in [-0.15, -0.1) is 0 Å². The predicted molar refractivity (Wildman–Crippen MR) is 80.8 cm³/mol. The summed E-state index contributed by atoms with van der Waals surface area (Å²) in [5.41, 5.74) is 1.80. The summed E-state index contributed by atoms with van der Waals surface area (Å²) in [5, 5.41) is 2.87. The van der Waals surface area contributed by atoms with Crippen molar-refractivity contribution in [3.05, 3.63) is 29.8 Å². The van der Waals surface area contributed by atoms with Gasteiger partial charge >= 0.3 is 6.03 Å². The number of piperidine rings is 1. The average molecular weight is 287 g/mol. The van der Waals surface area contributed by atoms with Crippen molar-refractivity contribution in [2.45, 2.75) is 26.3 Å². The van der Waals surface area contributed by atoms with Crippen molar-refractivity contribution in [3.8, 4) is 0 Å². The molecule has 2 aliphatic rings. The molecule has 1 aromatic carbocycles. The number of carbonyl (C=O) groups is 2. The first-order valence-electron chi connectivity index (χ1n) is 7.55.